The standard InChI is InChI=1S/C14H20FN3O5S/c1-14(2,17-5-7-23-8-6-17)10-16-24(21,22)11-3-4-12(15)13(9-11)18(19)20/h3-4,9,16H,5-8,10H2,1-2H3. The van der Waals surface area contributed by atoms with E-state index in [2.05, 4.69) is 9.62 Å². The quantitative estimate of drug-likeness (QED) is 0.602. The Morgan fingerprint density at radius 3 is 2.58 bits per heavy atom. The van der Waals surface area contributed by atoms with Gasteiger partial charge in [0, 0.05) is 31.2 Å². The van der Waals surface area contributed by atoms with Crippen molar-refractivity contribution in [2.45, 2.75) is 24.3 Å². The topological polar surface area (TPSA) is 102 Å². The van der Waals surface area contributed by atoms with Crippen molar-refractivity contribution >= 4 is 15.7 Å². The molecule has 1 aliphatic rings. The monoisotopic (exact) mass is 361 g/mol. The lowest BCUT2D eigenvalue weighted by molar-refractivity contribution is -0.387. The van der Waals surface area contributed by atoms with Crippen molar-refractivity contribution in [2.24, 2.45) is 0 Å². The number of halogens is 1. The van der Waals surface area contributed by atoms with Gasteiger partial charge in [-0.05, 0) is 26.0 Å². The first kappa shape index (κ1) is 18.7. The van der Waals surface area contributed by atoms with Crippen molar-refractivity contribution in [3.05, 3.63) is 34.1 Å². The van der Waals surface area contributed by atoms with E-state index in [0.29, 0.717) is 26.3 Å². The predicted octanol–water partition coefficient (Wildman–Crippen LogP) is 1.12. The van der Waals surface area contributed by atoms with E-state index < -0.39 is 32.0 Å². The summed E-state index contributed by atoms with van der Waals surface area (Å²) in [5, 5.41) is 10.8. The first-order chi connectivity index (χ1) is 11.1. The largest absolute Gasteiger partial charge is 0.379 e. The van der Waals surface area contributed by atoms with Crippen LogP contribution in [0, 0.1) is 15.9 Å². The molecule has 0 aromatic heterocycles. The van der Waals surface area contributed by atoms with E-state index in [1.165, 1.54) is 0 Å². The van der Waals surface area contributed by atoms with Crippen LogP contribution in [-0.4, -0.2) is 56.6 Å². The van der Waals surface area contributed by atoms with Gasteiger partial charge in [-0.25, -0.2) is 13.1 Å². The molecule has 0 radical (unpaired) electrons. The Bertz CT molecular complexity index is 717. The summed E-state index contributed by atoms with van der Waals surface area (Å²) >= 11 is 0. The molecular weight excluding hydrogens is 341 g/mol. The van der Waals surface area contributed by atoms with Gasteiger partial charge in [0.25, 0.3) is 0 Å². The summed E-state index contributed by atoms with van der Waals surface area (Å²) < 4.78 is 45.8. The lowest BCUT2D eigenvalue weighted by Gasteiger charge is -2.40. The molecule has 0 aliphatic carbocycles. The van der Waals surface area contributed by atoms with E-state index >= 15 is 0 Å². The fourth-order valence-electron chi connectivity index (χ4n) is 2.43. The number of nitrogens with zero attached hydrogens (tertiary/aromatic N) is 2. The van der Waals surface area contributed by atoms with Gasteiger partial charge in [-0.2, -0.15) is 4.39 Å². The van der Waals surface area contributed by atoms with Crippen molar-refractivity contribution in [3.63, 3.8) is 0 Å². The van der Waals surface area contributed by atoms with Crippen LogP contribution in [0.25, 0.3) is 0 Å². The van der Waals surface area contributed by atoms with Crippen LogP contribution in [0.4, 0.5) is 10.1 Å². The summed E-state index contributed by atoms with van der Waals surface area (Å²) in [7, 11) is -3.98. The van der Waals surface area contributed by atoms with E-state index in [9.17, 15) is 22.9 Å². The molecule has 24 heavy (non-hydrogen) atoms. The van der Waals surface area contributed by atoms with E-state index in [0.717, 1.165) is 18.2 Å². The van der Waals surface area contributed by atoms with Crippen molar-refractivity contribution in [1.29, 1.82) is 0 Å². The summed E-state index contributed by atoms with van der Waals surface area (Å²) in [6.07, 6.45) is 0. The molecule has 1 aromatic rings. The van der Waals surface area contributed by atoms with Gasteiger partial charge in [0.15, 0.2) is 0 Å². The Hall–Kier alpha value is -1.62. The maximum atomic E-state index is 13.4. The zero-order chi connectivity index (χ0) is 18.0. The third kappa shape index (κ3) is 4.26. The molecule has 8 nitrogen and oxygen atoms in total. The fraction of sp³-hybridized carbons (Fsp3) is 0.571. The van der Waals surface area contributed by atoms with Gasteiger partial charge in [-0.3, -0.25) is 15.0 Å². The summed E-state index contributed by atoms with van der Waals surface area (Å²) in [6, 6.07) is 2.51. The highest BCUT2D eigenvalue weighted by atomic mass is 32.2. The summed E-state index contributed by atoms with van der Waals surface area (Å²) in [5.74, 6) is -1.08. The van der Waals surface area contributed by atoms with Crippen LogP contribution in [0.1, 0.15) is 13.8 Å². The van der Waals surface area contributed by atoms with Crippen molar-refractivity contribution < 1.29 is 22.5 Å². The molecule has 10 heteroatoms. The van der Waals surface area contributed by atoms with Gasteiger partial charge in [0.1, 0.15) is 0 Å². The first-order valence-corrected chi connectivity index (χ1v) is 8.88. The van der Waals surface area contributed by atoms with Crippen LogP contribution < -0.4 is 4.72 Å². The van der Waals surface area contributed by atoms with Gasteiger partial charge in [-0.15, -0.1) is 0 Å². The number of sulfonamides is 1. The second-order valence-corrected chi connectivity index (χ2v) is 7.87. The lowest BCUT2D eigenvalue weighted by Crippen LogP contribution is -2.55. The lowest BCUT2D eigenvalue weighted by atomic mass is 10.0. The molecule has 2 rings (SSSR count). The number of nitro benzene ring substituents is 1. The summed E-state index contributed by atoms with van der Waals surface area (Å²) in [6.45, 7) is 6.45. The molecule has 0 saturated carbocycles. The third-order valence-corrected chi connectivity index (χ3v) is 5.39. The number of hydrogen-bond donors (Lipinski definition) is 1. The molecule has 0 bridgehead atoms. The van der Waals surface area contributed by atoms with Gasteiger partial charge in [0.05, 0.1) is 23.0 Å². The zero-order valence-electron chi connectivity index (χ0n) is 13.5. The second kappa shape index (κ2) is 7.09. The predicted molar refractivity (Wildman–Crippen MR) is 84.7 cm³/mol. The molecule has 0 unspecified atom stereocenters. The van der Waals surface area contributed by atoms with E-state index in [-0.39, 0.29) is 11.4 Å². The second-order valence-electron chi connectivity index (χ2n) is 6.11. The number of morpholine rings is 1. The highest BCUT2D eigenvalue weighted by Crippen LogP contribution is 2.22. The van der Waals surface area contributed by atoms with Crippen molar-refractivity contribution in [1.82, 2.24) is 9.62 Å². The minimum absolute atomic E-state index is 0.112. The highest BCUT2D eigenvalue weighted by molar-refractivity contribution is 7.89. The Labute approximate surface area is 139 Å². The smallest absolute Gasteiger partial charge is 0.306 e. The van der Waals surface area contributed by atoms with Crippen LogP contribution in [-0.2, 0) is 14.8 Å². The third-order valence-electron chi connectivity index (χ3n) is 3.99. The number of benzene rings is 1. The molecule has 1 saturated heterocycles. The zero-order valence-corrected chi connectivity index (χ0v) is 14.3. The average molecular weight is 361 g/mol. The van der Waals surface area contributed by atoms with Crippen LogP contribution in [0.3, 0.4) is 0 Å². The number of ether oxygens (including phenoxy) is 1. The van der Waals surface area contributed by atoms with Gasteiger partial charge in [-0.1, -0.05) is 0 Å². The normalized spacial score (nSPS) is 17.0. The molecule has 1 fully saturated rings. The van der Waals surface area contributed by atoms with Crippen molar-refractivity contribution in [3.8, 4) is 0 Å². The minimum atomic E-state index is -3.98. The number of nitrogens with one attached hydrogen (secondary N) is 1. The Kier molecular flexibility index (Phi) is 5.53. The SMILES string of the molecule is CC(C)(CNS(=O)(=O)c1ccc(F)c([N+](=O)[O-])c1)N1CCOCC1. The molecule has 1 aromatic carbocycles. The Balaban J connectivity index is 2.13. The molecular formula is C14H20FN3O5S. The average Bonchev–Trinajstić information content (AvgIpc) is 2.54. The maximum Gasteiger partial charge on any atom is 0.306 e. The summed E-state index contributed by atoms with van der Waals surface area (Å²) in [5.41, 5.74) is -1.33. The van der Waals surface area contributed by atoms with E-state index in [1.807, 2.05) is 13.8 Å². The van der Waals surface area contributed by atoms with Gasteiger partial charge < -0.3 is 4.74 Å². The minimum Gasteiger partial charge on any atom is -0.379 e. The molecule has 1 N–H and O–H groups in total. The molecule has 0 spiro atoms. The maximum absolute atomic E-state index is 13.4. The van der Waals surface area contributed by atoms with E-state index in [1.54, 1.807) is 0 Å². The van der Waals surface area contributed by atoms with Gasteiger partial charge in [0.2, 0.25) is 15.8 Å². The molecule has 1 heterocycles. The number of nitro groups is 1. The number of rotatable bonds is 6. The van der Waals surface area contributed by atoms with Crippen LogP contribution in [0.15, 0.2) is 23.1 Å². The van der Waals surface area contributed by atoms with Crippen molar-refractivity contribution in [2.75, 3.05) is 32.8 Å². The van der Waals surface area contributed by atoms with E-state index in [4.69, 9.17) is 4.74 Å². The van der Waals surface area contributed by atoms with Gasteiger partial charge >= 0.3 is 5.69 Å². The highest BCUT2D eigenvalue weighted by Gasteiger charge is 2.30. The molecule has 1 aliphatic heterocycles. The number of hydrogen-bond acceptors (Lipinski definition) is 6. The first-order valence-electron chi connectivity index (χ1n) is 7.40. The molecule has 0 atom stereocenters. The fourth-order valence-corrected chi connectivity index (χ4v) is 3.66. The molecule has 0 amide bonds. The molecule has 134 valence electrons. The van der Waals surface area contributed by atoms with Crippen LogP contribution in [0.2, 0.25) is 0 Å². The van der Waals surface area contributed by atoms with Crippen LogP contribution >= 0.6 is 0 Å². The Morgan fingerprint density at radius 2 is 2.00 bits per heavy atom. The van der Waals surface area contributed by atoms with Crippen LogP contribution in [0.5, 0.6) is 0 Å². The summed E-state index contributed by atoms with van der Waals surface area (Å²) in [4.78, 5) is 11.6. The Morgan fingerprint density at radius 1 is 1.38 bits per heavy atom.